The third kappa shape index (κ3) is 3.43. The molecule has 0 aliphatic carbocycles. The van der Waals surface area contributed by atoms with Crippen molar-refractivity contribution in [1.29, 1.82) is 0 Å². The first kappa shape index (κ1) is 15.7. The van der Waals surface area contributed by atoms with Gasteiger partial charge >= 0.3 is 0 Å². The molecule has 0 atom stereocenters. The highest BCUT2D eigenvalue weighted by atomic mass is 16.2. The summed E-state index contributed by atoms with van der Waals surface area (Å²) in [6, 6.07) is 17.4. The normalized spacial score (nSPS) is 10.9. The number of para-hydroxylation sites is 1. The van der Waals surface area contributed by atoms with E-state index in [4.69, 9.17) is 0 Å². The van der Waals surface area contributed by atoms with Crippen LogP contribution in [0.15, 0.2) is 72.1 Å². The number of hydrogen-bond acceptors (Lipinski definition) is 2. The first-order valence-electron chi connectivity index (χ1n) is 7.78. The fourth-order valence-corrected chi connectivity index (χ4v) is 2.58. The molecule has 4 nitrogen and oxygen atoms in total. The predicted octanol–water partition coefficient (Wildman–Crippen LogP) is 3.86. The van der Waals surface area contributed by atoms with Crippen LogP contribution in [0.3, 0.4) is 0 Å². The molecule has 0 fully saturated rings. The summed E-state index contributed by atoms with van der Waals surface area (Å²) in [7, 11) is 0. The minimum absolute atomic E-state index is 0.236. The molecule has 3 rings (SSSR count). The van der Waals surface area contributed by atoms with Crippen LogP contribution in [-0.4, -0.2) is 16.7 Å². The first-order chi connectivity index (χ1) is 11.6. The lowest BCUT2D eigenvalue weighted by Crippen LogP contribution is -2.19. The van der Waals surface area contributed by atoms with E-state index in [0.717, 1.165) is 16.8 Å². The Morgan fingerprint density at radius 2 is 1.79 bits per heavy atom. The van der Waals surface area contributed by atoms with E-state index in [1.807, 2.05) is 73.3 Å². The maximum absolute atomic E-state index is 12.5. The zero-order chi connectivity index (χ0) is 16.9. The van der Waals surface area contributed by atoms with Crippen LogP contribution in [0.2, 0.25) is 0 Å². The summed E-state index contributed by atoms with van der Waals surface area (Å²) in [4.78, 5) is 12.5. The van der Waals surface area contributed by atoms with Gasteiger partial charge in [-0.3, -0.25) is 4.79 Å². The Labute approximate surface area is 141 Å². The van der Waals surface area contributed by atoms with E-state index in [9.17, 15) is 4.79 Å². The maximum Gasteiger partial charge on any atom is 0.273 e. The summed E-state index contributed by atoms with van der Waals surface area (Å²) in [5.74, 6) is -0.236. The molecule has 0 saturated carbocycles. The van der Waals surface area contributed by atoms with Gasteiger partial charge in [-0.25, -0.2) is 5.43 Å². The van der Waals surface area contributed by atoms with Gasteiger partial charge in [0.2, 0.25) is 0 Å². The number of hydrogen-bond donors (Lipinski definition) is 1. The third-order valence-electron chi connectivity index (χ3n) is 3.83. The highest BCUT2D eigenvalue weighted by Crippen LogP contribution is 2.14. The average molecular weight is 317 g/mol. The topological polar surface area (TPSA) is 46.4 Å². The molecule has 0 aliphatic rings. The van der Waals surface area contributed by atoms with Crippen molar-refractivity contribution in [2.75, 3.05) is 0 Å². The summed E-state index contributed by atoms with van der Waals surface area (Å²) in [5, 5.41) is 4.10. The van der Waals surface area contributed by atoms with Gasteiger partial charge in [0.15, 0.2) is 0 Å². The molecule has 1 amide bonds. The Hall–Kier alpha value is -3.14. The first-order valence-corrected chi connectivity index (χ1v) is 7.78. The molecule has 120 valence electrons. The number of nitrogens with zero attached hydrogens (tertiary/aromatic N) is 2. The van der Waals surface area contributed by atoms with Gasteiger partial charge < -0.3 is 4.57 Å². The Balaban J connectivity index is 1.78. The number of carbonyl (C=O) groups is 1. The van der Waals surface area contributed by atoms with Crippen molar-refractivity contribution in [1.82, 2.24) is 9.99 Å². The highest BCUT2D eigenvalue weighted by Gasteiger charge is 2.10. The quantitative estimate of drug-likeness (QED) is 0.576. The Kier molecular flexibility index (Phi) is 4.57. The lowest BCUT2D eigenvalue weighted by atomic mass is 10.1. The van der Waals surface area contributed by atoms with Gasteiger partial charge in [-0.05, 0) is 49.2 Å². The van der Waals surface area contributed by atoms with Crippen molar-refractivity contribution in [3.63, 3.8) is 0 Å². The van der Waals surface area contributed by atoms with E-state index in [2.05, 4.69) is 16.6 Å². The van der Waals surface area contributed by atoms with Crippen LogP contribution < -0.4 is 5.43 Å². The second-order valence-corrected chi connectivity index (χ2v) is 5.67. The minimum atomic E-state index is -0.236. The zero-order valence-electron chi connectivity index (χ0n) is 13.7. The monoisotopic (exact) mass is 317 g/mol. The van der Waals surface area contributed by atoms with Gasteiger partial charge in [0.25, 0.3) is 5.91 Å². The van der Waals surface area contributed by atoms with E-state index in [1.54, 1.807) is 12.3 Å². The summed E-state index contributed by atoms with van der Waals surface area (Å²) in [5.41, 5.74) is 7.32. The number of carbonyl (C=O) groups excluding carboxylic acids is 1. The summed E-state index contributed by atoms with van der Waals surface area (Å²) >= 11 is 0. The molecule has 0 unspecified atom stereocenters. The van der Waals surface area contributed by atoms with Crippen LogP contribution in [-0.2, 0) is 0 Å². The van der Waals surface area contributed by atoms with E-state index in [1.165, 1.54) is 5.56 Å². The van der Waals surface area contributed by atoms with E-state index in [0.29, 0.717) is 5.56 Å². The summed E-state index contributed by atoms with van der Waals surface area (Å²) in [6.07, 6.45) is 5.49. The third-order valence-corrected chi connectivity index (χ3v) is 3.83. The number of rotatable bonds is 4. The number of amides is 1. The second-order valence-electron chi connectivity index (χ2n) is 5.67. The van der Waals surface area contributed by atoms with Gasteiger partial charge in [-0.1, -0.05) is 35.9 Å². The van der Waals surface area contributed by atoms with Crippen LogP contribution in [0.1, 0.15) is 27.0 Å². The number of nitrogens with one attached hydrogen (secondary N) is 1. The molecular formula is C20H19N3O. The number of aryl methyl sites for hydroxylation is 2. The summed E-state index contributed by atoms with van der Waals surface area (Å²) < 4.78 is 1.91. The van der Waals surface area contributed by atoms with Gasteiger partial charge in [0.05, 0.1) is 17.5 Å². The van der Waals surface area contributed by atoms with Crippen molar-refractivity contribution < 1.29 is 4.79 Å². The highest BCUT2D eigenvalue weighted by molar-refractivity contribution is 5.98. The van der Waals surface area contributed by atoms with Crippen molar-refractivity contribution in [3.05, 3.63) is 89.2 Å². The van der Waals surface area contributed by atoms with Gasteiger partial charge in [-0.2, -0.15) is 5.10 Å². The molecule has 24 heavy (non-hydrogen) atoms. The number of hydrazone groups is 1. The maximum atomic E-state index is 12.5. The van der Waals surface area contributed by atoms with Crippen LogP contribution in [0.25, 0.3) is 5.69 Å². The van der Waals surface area contributed by atoms with Gasteiger partial charge in [0.1, 0.15) is 0 Å². The standard InChI is InChI=1S/C20H19N3O/c1-15-9-10-17(16(2)13-15)14-21-22-20(24)18-7-3-4-8-19(18)23-11-5-6-12-23/h3-14H,1-2H3,(H,22,24)/b21-14+. The van der Waals surface area contributed by atoms with Crippen molar-refractivity contribution in [2.24, 2.45) is 5.10 Å². The lowest BCUT2D eigenvalue weighted by molar-refractivity contribution is 0.0955. The van der Waals surface area contributed by atoms with E-state index >= 15 is 0 Å². The second kappa shape index (κ2) is 6.96. The molecule has 2 aromatic carbocycles. The molecule has 1 aromatic heterocycles. The Bertz CT molecular complexity index is 880. The Morgan fingerprint density at radius 1 is 1.04 bits per heavy atom. The van der Waals surface area contributed by atoms with E-state index in [-0.39, 0.29) is 5.91 Å². The van der Waals surface area contributed by atoms with Crippen molar-refractivity contribution in [3.8, 4) is 5.69 Å². The smallest absolute Gasteiger partial charge is 0.273 e. The SMILES string of the molecule is Cc1ccc(/C=N/NC(=O)c2ccccc2-n2cccc2)c(C)c1. The fraction of sp³-hybridized carbons (Fsp3) is 0.100. The summed E-state index contributed by atoms with van der Waals surface area (Å²) in [6.45, 7) is 4.07. The molecule has 1 heterocycles. The Morgan fingerprint density at radius 3 is 2.54 bits per heavy atom. The number of aromatic nitrogens is 1. The predicted molar refractivity (Wildman–Crippen MR) is 96.7 cm³/mol. The molecule has 0 saturated heterocycles. The molecule has 1 N–H and O–H groups in total. The van der Waals surface area contributed by atoms with Crippen molar-refractivity contribution >= 4 is 12.1 Å². The average Bonchev–Trinajstić information content (AvgIpc) is 3.11. The molecule has 0 spiro atoms. The van der Waals surface area contributed by atoms with Crippen molar-refractivity contribution in [2.45, 2.75) is 13.8 Å². The van der Waals surface area contributed by atoms with Gasteiger partial charge in [-0.15, -0.1) is 0 Å². The van der Waals surface area contributed by atoms with Crippen LogP contribution in [0.5, 0.6) is 0 Å². The molecule has 0 radical (unpaired) electrons. The zero-order valence-corrected chi connectivity index (χ0v) is 13.7. The fourth-order valence-electron chi connectivity index (χ4n) is 2.58. The van der Waals surface area contributed by atoms with Crippen LogP contribution in [0.4, 0.5) is 0 Å². The molecule has 4 heteroatoms. The molecule has 3 aromatic rings. The molecular weight excluding hydrogens is 298 g/mol. The van der Waals surface area contributed by atoms with E-state index < -0.39 is 0 Å². The molecule has 0 bridgehead atoms. The van der Waals surface area contributed by atoms with Gasteiger partial charge in [0, 0.05) is 12.4 Å². The largest absolute Gasteiger partial charge is 0.323 e. The minimum Gasteiger partial charge on any atom is -0.323 e. The van der Waals surface area contributed by atoms with Crippen LogP contribution in [0, 0.1) is 13.8 Å². The lowest BCUT2D eigenvalue weighted by Gasteiger charge is -2.09. The van der Waals surface area contributed by atoms with Crippen LogP contribution >= 0.6 is 0 Å². The molecule has 0 aliphatic heterocycles. The number of benzene rings is 2.